The molecule has 7 nitrogen and oxygen atoms in total. The van der Waals surface area contributed by atoms with Crippen molar-refractivity contribution in [3.8, 4) is 0 Å². The van der Waals surface area contributed by atoms with Gasteiger partial charge >= 0.3 is 0 Å². The van der Waals surface area contributed by atoms with Gasteiger partial charge in [0.05, 0.1) is 0 Å². The van der Waals surface area contributed by atoms with Gasteiger partial charge in [0.1, 0.15) is 12.7 Å². The van der Waals surface area contributed by atoms with Crippen LogP contribution in [-0.2, 0) is 4.79 Å². The van der Waals surface area contributed by atoms with Crippen LogP contribution in [0.4, 0.5) is 5.69 Å². The zero-order valence-corrected chi connectivity index (χ0v) is 13.2. The zero-order chi connectivity index (χ0) is 17.5. The number of nitrogens with one attached hydrogen (secondary N) is 2. The molecule has 0 atom stereocenters. The third-order valence-corrected chi connectivity index (χ3v) is 3.29. The summed E-state index contributed by atoms with van der Waals surface area (Å²) in [7, 11) is 0. The van der Waals surface area contributed by atoms with Gasteiger partial charge in [-0.2, -0.15) is 0 Å². The van der Waals surface area contributed by atoms with E-state index in [2.05, 4.69) is 20.9 Å². The smallest absolute Gasteiger partial charge is 0.270 e. The SMILES string of the molecule is O=C(/C=C/c1ccccc1)Nc1ccc(C(=O)Nn2cnnc2)cc1. The van der Waals surface area contributed by atoms with E-state index in [1.807, 2.05) is 30.3 Å². The second-order valence-corrected chi connectivity index (χ2v) is 5.12. The van der Waals surface area contributed by atoms with E-state index in [0.717, 1.165) is 5.56 Å². The van der Waals surface area contributed by atoms with Gasteiger partial charge in [-0.3, -0.25) is 15.0 Å². The first-order valence-corrected chi connectivity index (χ1v) is 7.51. The minimum absolute atomic E-state index is 0.245. The summed E-state index contributed by atoms with van der Waals surface area (Å²) in [5, 5.41) is 9.94. The molecule has 0 spiro atoms. The standard InChI is InChI=1S/C18H15N5O2/c24-17(11-6-14-4-2-1-3-5-14)21-16-9-7-15(8-10-16)18(25)22-23-12-19-20-13-23/h1-13H,(H,21,24)(H,22,25)/b11-6+. The topological polar surface area (TPSA) is 88.9 Å². The molecule has 0 bridgehead atoms. The van der Waals surface area contributed by atoms with Gasteiger partial charge in [-0.25, -0.2) is 4.68 Å². The molecular formula is C18H15N5O2. The minimum Gasteiger partial charge on any atom is -0.323 e. The molecule has 2 aromatic carbocycles. The van der Waals surface area contributed by atoms with Crippen molar-refractivity contribution in [2.24, 2.45) is 0 Å². The number of carbonyl (C=O) groups is 2. The molecule has 0 aliphatic heterocycles. The van der Waals surface area contributed by atoms with Crippen molar-refractivity contribution in [2.75, 3.05) is 10.7 Å². The molecule has 0 aliphatic rings. The fraction of sp³-hybridized carbons (Fsp3) is 0. The van der Waals surface area contributed by atoms with E-state index in [0.29, 0.717) is 11.3 Å². The first kappa shape index (κ1) is 16.1. The molecule has 3 rings (SSSR count). The molecule has 25 heavy (non-hydrogen) atoms. The Bertz CT molecular complexity index is 872. The molecule has 0 unspecified atom stereocenters. The van der Waals surface area contributed by atoms with Crippen LogP contribution in [0.1, 0.15) is 15.9 Å². The fourth-order valence-corrected chi connectivity index (χ4v) is 2.07. The Morgan fingerprint density at radius 3 is 2.28 bits per heavy atom. The summed E-state index contributed by atoms with van der Waals surface area (Å²) in [6, 6.07) is 16.1. The van der Waals surface area contributed by atoms with Crippen molar-refractivity contribution in [1.82, 2.24) is 14.9 Å². The van der Waals surface area contributed by atoms with E-state index >= 15 is 0 Å². The highest BCUT2D eigenvalue weighted by molar-refractivity contribution is 6.03. The van der Waals surface area contributed by atoms with E-state index in [1.165, 1.54) is 23.4 Å². The molecule has 3 aromatic rings. The first-order chi connectivity index (χ1) is 12.2. The molecule has 0 saturated carbocycles. The third-order valence-electron chi connectivity index (χ3n) is 3.29. The summed E-state index contributed by atoms with van der Waals surface area (Å²) in [4.78, 5) is 23.9. The molecule has 0 radical (unpaired) electrons. The summed E-state index contributed by atoms with van der Waals surface area (Å²) in [5.41, 5.74) is 4.59. The van der Waals surface area contributed by atoms with Crippen LogP contribution in [0.5, 0.6) is 0 Å². The number of benzene rings is 2. The zero-order valence-electron chi connectivity index (χ0n) is 13.2. The molecule has 7 heteroatoms. The Morgan fingerprint density at radius 2 is 1.60 bits per heavy atom. The van der Waals surface area contributed by atoms with Gasteiger partial charge in [0.2, 0.25) is 5.91 Å². The van der Waals surface area contributed by atoms with Crippen LogP contribution in [0.3, 0.4) is 0 Å². The number of amides is 2. The highest BCUT2D eigenvalue weighted by atomic mass is 16.2. The highest BCUT2D eigenvalue weighted by Crippen LogP contribution is 2.10. The van der Waals surface area contributed by atoms with Crippen molar-refractivity contribution in [1.29, 1.82) is 0 Å². The average molecular weight is 333 g/mol. The number of hydrogen-bond acceptors (Lipinski definition) is 4. The number of rotatable bonds is 5. The molecule has 0 saturated heterocycles. The predicted octanol–water partition coefficient (Wildman–Crippen LogP) is 2.31. The van der Waals surface area contributed by atoms with Gasteiger partial charge in [-0.05, 0) is 35.9 Å². The Labute approximate surface area is 144 Å². The predicted molar refractivity (Wildman–Crippen MR) is 94.3 cm³/mol. The highest BCUT2D eigenvalue weighted by Gasteiger charge is 2.06. The largest absolute Gasteiger partial charge is 0.323 e. The van der Waals surface area contributed by atoms with Gasteiger partial charge < -0.3 is 5.32 Å². The number of aromatic nitrogens is 3. The summed E-state index contributed by atoms with van der Waals surface area (Å²) < 4.78 is 1.35. The third kappa shape index (κ3) is 4.61. The number of hydrogen-bond donors (Lipinski definition) is 2. The molecule has 0 fully saturated rings. The summed E-state index contributed by atoms with van der Waals surface area (Å²) in [5.74, 6) is -0.549. The van der Waals surface area contributed by atoms with E-state index in [9.17, 15) is 9.59 Å². The van der Waals surface area contributed by atoms with Crippen molar-refractivity contribution in [3.63, 3.8) is 0 Å². The van der Waals surface area contributed by atoms with Crippen LogP contribution >= 0.6 is 0 Å². The molecule has 1 aromatic heterocycles. The van der Waals surface area contributed by atoms with E-state index in [4.69, 9.17) is 0 Å². The van der Waals surface area contributed by atoms with E-state index < -0.39 is 0 Å². The maximum Gasteiger partial charge on any atom is 0.270 e. The van der Waals surface area contributed by atoms with Crippen molar-refractivity contribution >= 4 is 23.6 Å². The Morgan fingerprint density at radius 1 is 0.920 bits per heavy atom. The lowest BCUT2D eigenvalue weighted by Gasteiger charge is -2.06. The van der Waals surface area contributed by atoms with Crippen LogP contribution in [0.2, 0.25) is 0 Å². The first-order valence-electron chi connectivity index (χ1n) is 7.51. The van der Waals surface area contributed by atoms with Crippen molar-refractivity contribution in [2.45, 2.75) is 0 Å². The monoisotopic (exact) mass is 333 g/mol. The Kier molecular flexibility index (Phi) is 4.96. The Balaban J connectivity index is 1.57. The van der Waals surface area contributed by atoms with Gasteiger partial charge in [-0.1, -0.05) is 30.3 Å². The Hall–Kier alpha value is -3.74. The summed E-state index contributed by atoms with van der Waals surface area (Å²) in [6.07, 6.45) is 5.95. The van der Waals surface area contributed by atoms with Crippen molar-refractivity contribution in [3.05, 3.63) is 84.5 Å². The normalized spacial score (nSPS) is 10.6. The van der Waals surface area contributed by atoms with Gasteiger partial charge in [0, 0.05) is 17.3 Å². The molecule has 1 heterocycles. The molecule has 2 N–H and O–H groups in total. The van der Waals surface area contributed by atoms with Crippen LogP contribution < -0.4 is 10.7 Å². The summed E-state index contributed by atoms with van der Waals surface area (Å²) in [6.45, 7) is 0. The number of nitrogens with zero attached hydrogens (tertiary/aromatic N) is 3. The lowest BCUT2D eigenvalue weighted by Crippen LogP contribution is -2.21. The minimum atomic E-state index is -0.304. The molecular weight excluding hydrogens is 318 g/mol. The second kappa shape index (κ2) is 7.69. The van der Waals surface area contributed by atoms with Gasteiger partial charge in [0.25, 0.3) is 5.91 Å². The van der Waals surface area contributed by atoms with Gasteiger partial charge in [0.15, 0.2) is 0 Å². The maximum absolute atomic E-state index is 12.0. The van der Waals surface area contributed by atoms with Gasteiger partial charge in [-0.15, -0.1) is 10.2 Å². The molecule has 2 amide bonds. The van der Waals surface area contributed by atoms with E-state index in [-0.39, 0.29) is 11.8 Å². The maximum atomic E-state index is 12.0. The van der Waals surface area contributed by atoms with Crippen LogP contribution in [0.15, 0.2) is 73.3 Å². The van der Waals surface area contributed by atoms with Crippen molar-refractivity contribution < 1.29 is 9.59 Å². The number of anilines is 1. The van der Waals surface area contributed by atoms with Crippen LogP contribution in [0, 0.1) is 0 Å². The molecule has 124 valence electrons. The quantitative estimate of drug-likeness (QED) is 0.701. The second-order valence-electron chi connectivity index (χ2n) is 5.12. The number of carbonyl (C=O) groups excluding carboxylic acids is 2. The van der Waals surface area contributed by atoms with Crippen LogP contribution in [-0.4, -0.2) is 26.7 Å². The van der Waals surface area contributed by atoms with E-state index in [1.54, 1.807) is 30.3 Å². The average Bonchev–Trinajstić information content (AvgIpc) is 3.14. The lowest BCUT2D eigenvalue weighted by molar-refractivity contribution is -0.111. The lowest BCUT2D eigenvalue weighted by atomic mass is 10.2. The van der Waals surface area contributed by atoms with Crippen LogP contribution in [0.25, 0.3) is 6.08 Å². The fourth-order valence-electron chi connectivity index (χ4n) is 2.07. The summed E-state index contributed by atoms with van der Waals surface area (Å²) >= 11 is 0. The molecule has 0 aliphatic carbocycles.